The third-order valence-corrected chi connectivity index (χ3v) is 8.65. The summed E-state index contributed by atoms with van der Waals surface area (Å²) in [6.45, 7) is 5.73. The van der Waals surface area contributed by atoms with Crippen molar-refractivity contribution in [2.45, 2.75) is 31.8 Å². The molecule has 0 saturated heterocycles. The third kappa shape index (κ3) is 5.01. The predicted molar refractivity (Wildman–Crippen MR) is 163 cm³/mol. The fourth-order valence-corrected chi connectivity index (χ4v) is 6.06. The number of fused-ring (bicyclic) bond motifs is 2. The van der Waals surface area contributed by atoms with E-state index in [1.165, 1.54) is 12.1 Å². The maximum absolute atomic E-state index is 13.9. The first-order valence-electron chi connectivity index (χ1n) is 13.5. The van der Waals surface area contributed by atoms with Crippen molar-refractivity contribution in [1.82, 2.24) is 9.71 Å². The number of ether oxygens (including phenoxy) is 1. The van der Waals surface area contributed by atoms with Crippen LogP contribution in [0.1, 0.15) is 40.1 Å². The number of sulfonamides is 1. The molecule has 210 valence electrons. The molecule has 2 aromatic heterocycles. The molecule has 7 nitrogen and oxygen atoms in total. The van der Waals surface area contributed by atoms with Crippen LogP contribution in [-0.4, -0.2) is 19.3 Å². The summed E-state index contributed by atoms with van der Waals surface area (Å²) in [5, 5.41) is 1.34. The van der Waals surface area contributed by atoms with Gasteiger partial charge in [-0.1, -0.05) is 72.8 Å². The fraction of sp³-hybridized carbons (Fsp3) is 0.118. The summed E-state index contributed by atoms with van der Waals surface area (Å²) in [6, 6.07) is 30.4. The zero-order chi connectivity index (χ0) is 29.4. The number of aromatic nitrogens is 1. The Morgan fingerprint density at radius 3 is 2.26 bits per heavy atom. The molecular weight excluding hydrogens is 548 g/mol. The predicted octanol–water partition coefficient (Wildman–Crippen LogP) is 7.52. The van der Waals surface area contributed by atoms with Crippen molar-refractivity contribution >= 4 is 37.8 Å². The van der Waals surface area contributed by atoms with Crippen molar-refractivity contribution in [1.29, 1.82) is 0 Å². The standard InChI is InChI=1S/C34H28N2O5S/c1-21-18-19-30(40-23(3)24-12-6-4-7-13-24)31-27(34(37)36-42(38,39)25-14-8-5-9-15-25)20-28(35-32(21)31)33-22(2)26-16-10-11-17-29(26)41-33/h4-20,23H,1-3H3,(H,36,37)/t23-/m1/s1. The molecule has 8 heteroatoms. The number of hydrogen-bond donors (Lipinski definition) is 1. The molecule has 0 aliphatic heterocycles. The SMILES string of the molecule is Cc1c(-c2cc(C(=O)NS(=O)(=O)c3ccccc3)c3c(O[C@H](C)c4ccccc4)ccc(C)c3n2)oc2ccccc12. The van der Waals surface area contributed by atoms with Crippen LogP contribution in [0.3, 0.4) is 0 Å². The first-order chi connectivity index (χ1) is 20.2. The molecule has 0 unspecified atom stereocenters. The summed E-state index contributed by atoms with van der Waals surface area (Å²) in [5.41, 5.74) is 4.32. The monoisotopic (exact) mass is 576 g/mol. The van der Waals surface area contributed by atoms with Crippen LogP contribution >= 0.6 is 0 Å². The molecule has 0 saturated carbocycles. The zero-order valence-electron chi connectivity index (χ0n) is 23.3. The Morgan fingerprint density at radius 2 is 1.55 bits per heavy atom. The summed E-state index contributed by atoms with van der Waals surface area (Å²) in [5.74, 6) is 0.111. The average molecular weight is 577 g/mol. The van der Waals surface area contributed by atoms with E-state index >= 15 is 0 Å². The van der Waals surface area contributed by atoms with Gasteiger partial charge in [-0.3, -0.25) is 4.79 Å². The molecule has 0 bridgehead atoms. The molecule has 0 radical (unpaired) electrons. The quantitative estimate of drug-likeness (QED) is 0.211. The van der Waals surface area contributed by atoms with E-state index < -0.39 is 15.9 Å². The van der Waals surface area contributed by atoms with E-state index in [0.29, 0.717) is 33.7 Å². The van der Waals surface area contributed by atoms with Gasteiger partial charge in [-0.25, -0.2) is 18.1 Å². The molecule has 6 rings (SSSR count). The van der Waals surface area contributed by atoms with Crippen molar-refractivity contribution in [3.8, 4) is 17.2 Å². The van der Waals surface area contributed by atoms with Gasteiger partial charge in [0.2, 0.25) is 0 Å². The van der Waals surface area contributed by atoms with Gasteiger partial charge in [-0.05, 0) is 62.2 Å². The third-order valence-electron chi connectivity index (χ3n) is 7.30. The molecule has 0 aliphatic carbocycles. The Labute approximate surface area is 243 Å². The van der Waals surface area contributed by atoms with Gasteiger partial charge in [0.25, 0.3) is 15.9 Å². The van der Waals surface area contributed by atoms with Crippen LogP contribution in [0.4, 0.5) is 0 Å². The minimum atomic E-state index is -4.16. The number of amides is 1. The lowest BCUT2D eigenvalue weighted by Crippen LogP contribution is -2.31. The Kier molecular flexibility index (Phi) is 7.00. The van der Waals surface area contributed by atoms with E-state index in [0.717, 1.165) is 22.1 Å². The van der Waals surface area contributed by atoms with E-state index in [2.05, 4.69) is 4.72 Å². The van der Waals surface area contributed by atoms with Crippen molar-refractivity contribution in [3.05, 3.63) is 125 Å². The minimum absolute atomic E-state index is 0.0181. The number of aryl methyl sites for hydroxylation is 2. The Balaban J connectivity index is 1.55. The van der Waals surface area contributed by atoms with Crippen molar-refractivity contribution < 1.29 is 22.4 Å². The molecule has 1 amide bonds. The summed E-state index contributed by atoms with van der Waals surface area (Å²) >= 11 is 0. The van der Waals surface area contributed by atoms with Gasteiger partial charge in [-0.15, -0.1) is 0 Å². The lowest BCUT2D eigenvalue weighted by atomic mass is 10.0. The van der Waals surface area contributed by atoms with Gasteiger partial charge < -0.3 is 9.15 Å². The number of nitrogens with one attached hydrogen (secondary N) is 1. The number of pyridine rings is 1. The highest BCUT2D eigenvalue weighted by Gasteiger charge is 2.26. The molecule has 0 aliphatic rings. The topological polar surface area (TPSA) is 98.5 Å². The highest BCUT2D eigenvalue weighted by molar-refractivity contribution is 7.90. The molecule has 6 aromatic rings. The van der Waals surface area contributed by atoms with Crippen molar-refractivity contribution in [2.75, 3.05) is 0 Å². The van der Waals surface area contributed by atoms with Crippen LogP contribution < -0.4 is 9.46 Å². The lowest BCUT2D eigenvalue weighted by molar-refractivity contribution is 0.0982. The van der Waals surface area contributed by atoms with E-state index in [1.807, 2.05) is 81.4 Å². The Hall–Kier alpha value is -4.95. The molecule has 2 heterocycles. The van der Waals surface area contributed by atoms with Gasteiger partial charge in [-0.2, -0.15) is 0 Å². The van der Waals surface area contributed by atoms with E-state index in [-0.39, 0.29) is 16.6 Å². The van der Waals surface area contributed by atoms with Gasteiger partial charge in [0.1, 0.15) is 23.1 Å². The number of hydrogen-bond acceptors (Lipinski definition) is 6. The number of rotatable bonds is 7. The number of para-hydroxylation sites is 1. The van der Waals surface area contributed by atoms with Crippen LogP contribution in [-0.2, 0) is 10.0 Å². The Bertz CT molecular complexity index is 2050. The van der Waals surface area contributed by atoms with Crippen LogP contribution in [0.15, 0.2) is 112 Å². The average Bonchev–Trinajstić information content (AvgIpc) is 3.35. The number of nitrogens with zero attached hydrogens (tertiary/aromatic N) is 1. The lowest BCUT2D eigenvalue weighted by Gasteiger charge is -2.19. The second-order valence-electron chi connectivity index (χ2n) is 10.1. The van der Waals surface area contributed by atoms with E-state index in [1.54, 1.807) is 30.3 Å². The molecule has 1 N–H and O–H groups in total. The van der Waals surface area contributed by atoms with Gasteiger partial charge in [0.15, 0.2) is 5.76 Å². The smallest absolute Gasteiger partial charge is 0.265 e. The highest BCUT2D eigenvalue weighted by atomic mass is 32.2. The van der Waals surface area contributed by atoms with Crippen LogP contribution in [0.2, 0.25) is 0 Å². The fourth-order valence-electron chi connectivity index (χ4n) is 5.07. The highest BCUT2D eigenvalue weighted by Crippen LogP contribution is 2.38. The number of carbonyl (C=O) groups excluding carboxylic acids is 1. The molecule has 4 aromatic carbocycles. The normalized spacial score (nSPS) is 12.4. The second-order valence-corrected chi connectivity index (χ2v) is 11.8. The van der Waals surface area contributed by atoms with Crippen LogP contribution in [0.5, 0.6) is 5.75 Å². The molecule has 0 spiro atoms. The Morgan fingerprint density at radius 1 is 0.881 bits per heavy atom. The molecule has 0 fully saturated rings. The summed E-state index contributed by atoms with van der Waals surface area (Å²) in [6.07, 6.45) is -0.349. The zero-order valence-corrected chi connectivity index (χ0v) is 24.1. The van der Waals surface area contributed by atoms with Gasteiger partial charge >= 0.3 is 0 Å². The summed E-state index contributed by atoms with van der Waals surface area (Å²) < 4.78 is 41.2. The van der Waals surface area contributed by atoms with Gasteiger partial charge in [0.05, 0.1) is 21.4 Å². The van der Waals surface area contributed by atoms with E-state index in [9.17, 15) is 13.2 Å². The molecular formula is C34H28N2O5S. The van der Waals surface area contributed by atoms with Crippen LogP contribution in [0, 0.1) is 13.8 Å². The maximum Gasteiger partial charge on any atom is 0.265 e. The molecule has 42 heavy (non-hydrogen) atoms. The van der Waals surface area contributed by atoms with E-state index in [4.69, 9.17) is 14.1 Å². The largest absolute Gasteiger partial charge is 0.485 e. The van der Waals surface area contributed by atoms with Crippen LogP contribution in [0.25, 0.3) is 33.3 Å². The van der Waals surface area contributed by atoms with Gasteiger partial charge in [0, 0.05) is 10.9 Å². The van der Waals surface area contributed by atoms with Crippen molar-refractivity contribution in [3.63, 3.8) is 0 Å². The molecule has 1 atom stereocenters. The summed E-state index contributed by atoms with van der Waals surface area (Å²) in [4.78, 5) is 18.8. The van der Waals surface area contributed by atoms with Crippen molar-refractivity contribution in [2.24, 2.45) is 0 Å². The first kappa shape index (κ1) is 27.2. The summed E-state index contributed by atoms with van der Waals surface area (Å²) in [7, 11) is -4.16. The maximum atomic E-state index is 13.9. The second kappa shape index (κ2) is 10.8. The number of furan rings is 1. The first-order valence-corrected chi connectivity index (χ1v) is 15.0. The number of benzene rings is 4. The number of carbonyl (C=O) groups is 1. The minimum Gasteiger partial charge on any atom is -0.485 e.